The molecule has 1 aliphatic heterocycles. The monoisotopic (exact) mass is 537 g/mol. The second kappa shape index (κ2) is 10.8. The molecular weight excluding hydrogens is 510 g/mol. The third kappa shape index (κ3) is 4.81. The molecule has 0 atom stereocenters. The minimum atomic E-state index is 0.0281. The van der Waals surface area contributed by atoms with Crippen LogP contribution in [0.3, 0.4) is 0 Å². The molecule has 3 heterocycles. The Kier molecular flexibility index (Phi) is 6.90. The largest absolute Gasteiger partial charge is 0.494 e. The topological polar surface area (TPSA) is 63.5 Å². The van der Waals surface area contributed by atoms with E-state index in [2.05, 4.69) is 23.2 Å². The summed E-state index contributed by atoms with van der Waals surface area (Å²) < 4.78 is 7.55. The van der Waals surface area contributed by atoms with Crippen LogP contribution in [-0.2, 0) is 0 Å². The highest BCUT2D eigenvalue weighted by molar-refractivity contribution is 6.32. The highest BCUT2D eigenvalue weighted by Gasteiger charge is 2.26. The van der Waals surface area contributed by atoms with Gasteiger partial charge < -0.3 is 14.5 Å². The van der Waals surface area contributed by atoms with Gasteiger partial charge in [-0.05, 0) is 48.9 Å². The molecule has 5 aromatic rings. The number of piperazine rings is 1. The van der Waals surface area contributed by atoms with Gasteiger partial charge in [-0.3, -0.25) is 9.36 Å². The lowest BCUT2D eigenvalue weighted by Crippen LogP contribution is -2.49. The van der Waals surface area contributed by atoms with Crippen molar-refractivity contribution in [2.24, 2.45) is 0 Å². The Hall–Kier alpha value is -4.36. The summed E-state index contributed by atoms with van der Waals surface area (Å²) in [5, 5.41) is 1.62. The molecule has 0 spiro atoms. The van der Waals surface area contributed by atoms with Gasteiger partial charge >= 0.3 is 0 Å². The van der Waals surface area contributed by atoms with Crippen LogP contribution in [0.5, 0.6) is 5.75 Å². The number of halogens is 1. The van der Waals surface area contributed by atoms with Gasteiger partial charge in [-0.15, -0.1) is 0 Å². The average Bonchev–Trinajstić information content (AvgIpc) is 3.38. The lowest BCUT2D eigenvalue weighted by Gasteiger charge is -2.35. The van der Waals surface area contributed by atoms with Crippen LogP contribution in [0.4, 0.5) is 5.82 Å². The Morgan fingerprint density at radius 3 is 2.33 bits per heavy atom. The number of carbonyl (C=O) groups excluding carboxylic acids is 1. The van der Waals surface area contributed by atoms with Crippen molar-refractivity contribution in [1.82, 2.24) is 19.4 Å². The summed E-state index contributed by atoms with van der Waals surface area (Å²) in [5.41, 5.74) is 4.43. The minimum absolute atomic E-state index is 0.0281. The number of carbonyl (C=O) groups is 1. The summed E-state index contributed by atoms with van der Waals surface area (Å²) in [6, 6.07) is 25.4. The van der Waals surface area contributed by atoms with Crippen LogP contribution in [0.1, 0.15) is 17.3 Å². The van der Waals surface area contributed by atoms with Crippen LogP contribution in [0.25, 0.3) is 27.8 Å². The fourth-order valence-electron chi connectivity index (χ4n) is 5.12. The Morgan fingerprint density at radius 1 is 0.897 bits per heavy atom. The number of ether oxygens (including phenoxy) is 1. The molecule has 1 amide bonds. The van der Waals surface area contributed by atoms with Crippen molar-refractivity contribution in [2.75, 3.05) is 37.7 Å². The van der Waals surface area contributed by atoms with Gasteiger partial charge in [-0.25, -0.2) is 9.97 Å². The molecule has 0 bridgehead atoms. The zero-order chi connectivity index (χ0) is 26.8. The molecule has 3 aromatic carbocycles. The summed E-state index contributed by atoms with van der Waals surface area (Å²) in [6.45, 7) is 5.07. The van der Waals surface area contributed by atoms with Crippen molar-refractivity contribution in [3.8, 4) is 22.6 Å². The fraction of sp³-hybridized carbons (Fsp3) is 0.194. The maximum absolute atomic E-state index is 13.2. The number of amides is 1. The van der Waals surface area contributed by atoms with E-state index in [9.17, 15) is 4.79 Å². The van der Waals surface area contributed by atoms with Gasteiger partial charge in [0.05, 0.1) is 22.7 Å². The number of hydrogen-bond donors (Lipinski definition) is 0. The van der Waals surface area contributed by atoms with E-state index in [1.165, 1.54) is 0 Å². The molecule has 2 aromatic heterocycles. The van der Waals surface area contributed by atoms with Crippen LogP contribution < -0.4 is 9.64 Å². The van der Waals surface area contributed by atoms with Crippen LogP contribution >= 0.6 is 11.6 Å². The number of rotatable bonds is 6. The summed E-state index contributed by atoms with van der Waals surface area (Å²) in [7, 11) is 0. The molecule has 1 aliphatic rings. The number of anilines is 1. The highest BCUT2D eigenvalue weighted by atomic mass is 35.5. The number of para-hydroxylation sites is 1. The third-order valence-electron chi connectivity index (χ3n) is 7.04. The summed E-state index contributed by atoms with van der Waals surface area (Å²) in [6.07, 6.45) is 3.70. The predicted molar refractivity (Wildman–Crippen MR) is 155 cm³/mol. The molecule has 0 saturated carbocycles. The Morgan fingerprint density at radius 2 is 1.62 bits per heavy atom. The molecule has 6 rings (SSSR count). The molecule has 39 heavy (non-hydrogen) atoms. The van der Waals surface area contributed by atoms with Crippen molar-refractivity contribution in [3.63, 3.8) is 0 Å². The molecule has 1 fully saturated rings. The minimum Gasteiger partial charge on any atom is -0.494 e. The van der Waals surface area contributed by atoms with Gasteiger partial charge in [0.15, 0.2) is 5.65 Å². The molecule has 1 saturated heterocycles. The number of benzene rings is 3. The average molecular weight is 538 g/mol. The molecule has 8 heteroatoms. The lowest BCUT2D eigenvalue weighted by atomic mass is 10.1. The van der Waals surface area contributed by atoms with Gasteiger partial charge in [-0.1, -0.05) is 54.1 Å². The van der Waals surface area contributed by atoms with Gasteiger partial charge in [0.2, 0.25) is 0 Å². The Balaban J connectivity index is 1.32. The van der Waals surface area contributed by atoms with Crippen molar-refractivity contribution in [2.45, 2.75) is 6.92 Å². The van der Waals surface area contributed by atoms with E-state index < -0.39 is 0 Å². The highest BCUT2D eigenvalue weighted by Crippen LogP contribution is 2.38. The zero-order valence-corrected chi connectivity index (χ0v) is 22.4. The number of hydrogen-bond acceptors (Lipinski definition) is 5. The van der Waals surface area contributed by atoms with Crippen LogP contribution in [0.15, 0.2) is 91.4 Å². The first-order chi connectivity index (χ1) is 19.1. The van der Waals surface area contributed by atoms with Crippen molar-refractivity contribution in [3.05, 3.63) is 102 Å². The second-order valence-corrected chi connectivity index (χ2v) is 9.77. The van der Waals surface area contributed by atoms with E-state index in [0.717, 1.165) is 39.4 Å². The van der Waals surface area contributed by atoms with Crippen molar-refractivity contribution in [1.29, 1.82) is 0 Å². The summed E-state index contributed by atoms with van der Waals surface area (Å²) in [5.74, 6) is 1.66. The van der Waals surface area contributed by atoms with Crippen LogP contribution in [0.2, 0.25) is 5.02 Å². The summed E-state index contributed by atoms with van der Waals surface area (Å²) in [4.78, 5) is 26.8. The van der Waals surface area contributed by atoms with Gasteiger partial charge in [0, 0.05) is 43.5 Å². The van der Waals surface area contributed by atoms with Gasteiger partial charge in [0.25, 0.3) is 5.91 Å². The van der Waals surface area contributed by atoms with Gasteiger partial charge in [-0.2, -0.15) is 0 Å². The number of fused-ring (bicyclic) bond motifs is 1. The smallest absolute Gasteiger partial charge is 0.253 e. The van der Waals surface area contributed by atoms with E-state index in [4.69, 9.17) is 26.3 Å². The SMILES string of the molecule is CCOc1ccc(C(=O)N2CCN(c3ncnc4c3c(-c3ccccc3)cn4-c3ccccc3Cl)CC2)cc1. The molecule has 0 radical (unpaired) electrons. The lowest BCUT2D eigenvalue weighted by molar-refractivity contribution is 0.0746. The van der Waals surface area contributed by atoms with Crippen LogP contribution in [-0.4, -0.2) is 58.1 Å². The van der Waals surface area contributed by atoms with E-state index in [1.807, 2.05) is 83.1 Å². The first-order valence-electron chi connectivity index (χ1n) is 13.1. The van der Waals surface area contributed by atoms with Gasteiger partial charge in [0.1, 0.15) is 17.9 Å². The van der Waals surface area contributed by atoms with Crippen molar-refractivity contribution < 1.29 is 9.53 Å². The maximum Gasteiger partial charge on any atom is 0.253 e. The third-order valence-corrected chi connectivity index (χ3v) is 7.36. The standard InChI is InChI=1S/C31H28ClN5O2/c1-2-39-24-14-12-23(13-15-24)31(38)36-18-16-35(17-19-36)29-28-25(22-8-4-3-5-9-22)20-37(30(28)34-21-33-29)27-11-7-6-10-26(27)32/h3-15,20-21H,2,16-19H2,1H3. The first-order valence-corrected chi connectivity index (χ1v) is 13.5. The molecule has 196 valence electrons. The van der Waals surface area contributed by atoms with E-state index in [-0.39, 0.29) is 5.91 Å². The molecule has 0 aliphatic carbocycles. The molecule has 7 nitrogen and oxygen atoms in total. The number of nitrogens with zero attached hydrogens (tertiary/aromatic N) is 5. The molecule has 0 N–H and O–H groups in total. The second-order valence-electron chi connectivity index (χ2n) is 9.36. The normalized spacial score (nSPS) is 13.6. The van der Waals surface area contributed by atoms with E-state index in [1.54, 1.807) is 6.33 Å². The molecular formula is C31H28ClN5O2. The van der Waals surface area contributed by atoms with Crippen LogP contribution in [0, 0.1) is 0 Å². The first kappa shape index (κ1) is 24.9. The van der Waals surface area contributed by atoms with E-state index >= 15 is 0 Å². The quantitative estimate of drug-likeness (QED) is 0.262. The fourth-order valence-corrected chi connectivity index (χ4v) is 5.34. The van der Waals surface area contributed by atoms with Crippen molar-refractivity contribution >= 4 is 34.4 Å². The number of aromatic nitrogens is 3. The summed E-state index contributed by atoms with van der Waals surface area (Å²) >= 11 is 6.60. The zero-order valence-electron chi connectivity index (χ0n) is 21.6. The maximum atomic E-state index is 13.2. The molecule has 0 unspecified atom stereocenters. The van der Waals surface area contributed by atoms with E-state index in [0.29, 0.717) is 43.4 Å². The Labute approximate surface area is 232 Å². The predicted octanol–water partition coefficient (Wildman–Crippen LogP) is 6.10. The Bertz CT molecular complexity index is 1610.